The zero-order valence-corrected chi connectivity index (χ0v) is 10.1. The Hall–Kier alpha value is -0.880. The quantitative estimate of drug-likeness (QED) is 0.845. The Labute approximate surface area is 95.1 Å². The highest BCUT2D eigenvalue weighted by atomic mass is 32.2. The zero-order chi connectivity index (χ0) is 11.6. The van der Waals surface area contributed by atoms with Crippen molar-refractivity contribution in [2.24, 2.45) is 0 Å². The molecule has 1 atom stereocenters. The first-order valence-corrected chi connectivity index (χ1v) is 7.23. The maximum Gasteiger partial charge on any atom is 0.151 e. The predicted molar refractivity (Wildman–Crippen MR) is 59.8 cm³/mol. The fourth-order valence-corrected chi connectivity index (χ4v) is 3.60. The van der Waals surface area contributed by atoms with E-state index in [1.165, 1.54) is 0 Å². The lowest BCUT2D eigenvalue weighted by Gasteiger charge is -2.22. The molecule has 0 spiro atoms. The van der Waals surface area contributed by atoms with Gasteiger partial charge in [0.2, 0.25) is 0 Å². The highest BCUT2D eigenvalue weighted by Gasteiger charge is 2.24. The highest BCUT2D eigenvalue weighted by Crippen LogP contribution is 2.12. The molecule has 0 saturated carbocycles. The van der Waals surface area contributed by atoms with Crippen LogP contribution in [0.5, 0.6) is 0 Å². The Morgan fingerprint density at radius 2 is 2.44 bits per heavy atom. The van der Waals surface area contributed by atoms with Crippen molar-refractivity contribution in [1.82, 2.24) is 10.5 Å². The van der Waals surface area contributed by atoms with E-state index in [1.807, 2.05) is 13.0 Å². The van der Waals surface area contributed by atoms with E-state index in [1.54, 1.807) is 0 Å². The summed E-state index contributed by atoms with van der Waals surface area (Å²) in [5.41, 5.74) is 0.820. The summed E-state index contributed by atoms with van der Waals surface area (Å²) in [6.45, 7) is 2.40. The van der Waals surface area contributed by atoms with Crippen LogP contribution in [0.3, 0.4) is 0 Å². The maximum absolute atomic E-state index is 11.4. The molecule has 1 aromatic heterocycles. The molecular formula is C10H16N2O3S. The van der Waals surface area contributed by atoms with Gasteiger partial charge in [-0.1, -0.05) is 5.16 Å². The number of rotatable bonds is 3. The lowest BCUT2D eigenvalue weighted by molar-refractivity contribution is 0.384. The van der Waals surface area contributed by atoms with E-state index >= 15 is 0 Å². The Morgan fingerprint density at radius 3 is 3.06 bits per heavy atom. The first kappa shape index (κ1) is 11.6. The summed E-state index contributed by atoms with van der Waals surface area (Å²) in [5.74, 6) is 1.34. The van der Waals surface area contributed by atoms with Gasteiger partial charge in [-0.15, -0.1) is 0 Å². The normalized spacial score (nSPS) is 24.4. The average Bonchev–Trinajstić information content (AvgIpc) is 2.60. The highest BCUT2D eigenvalue weighted by molar-refractivity contribution is 7.91. The van der Waals surface area contributed by atoms with Gasteiger partial charge in [-0.25, -0.2) is 8.42 Å². The summed E-state index contributed by atoms with van der Waals surface area (Å²) in [5, 5.41) is 7.05. The Balaban J connectivity index is 1.86. The number of aromatic nitrogens is 1. The van der Waals surface area contributed by atoms with Crippen LogP contribution in [0.1, 0.15) is 24.3 Å². The third kappa shape index (κ3) is 3.05. The molecule has 1 aliphatic rings. The summed E-state index contributed by atoms with van der Waals surface area (Å²) >= 11 is 0. The molecule has 5 nitrogen and oxygen atoms in total. The minimum atomic E-state index is -2.84. The van der Waals surface area contributed by atoms with Gasteiger partial charge in [0.05, 0.1) is 17.2 Å². The van der Waals surface area contributed by atoms with E-state index in [0.717, 1.165) is 24.3 Å². The second-order valence-corrected chi connectivity index (χ2v) is 6.49. The number of sulfone groups is 1. The van der Waals surface area contributed by atoms with E-state index < -0.39 is 9.84 Å². The molecule has 2 heterocycles. The summed E-state index contributed by atoms with van der Waals surface area (Å²) in [4.78, 5) is 0. The first-order chi connectivity index (χ1) is 7.55. The number of aryl methyl sites for hydroxylation is 1. The van der Waals surface area contributed by atoms with Crippen LogP contribution in [0.15, 0.2) is 10.6 Å². The van der Waals surface area contributed by atoms with E-state index in [-0.39, 0.29) is 11.8 Å². The van der Waals surface area contributed by atoms with Crippen LogP contribution in [-0.4, -0.2) is 31.1 Å². The average molecular weight is 244 g/mol. The zero-order valence-electron chi connectivity index (χ0n) is 9.27. The third-order valence-electron chi connectivity index (χ3n) is 2.71. The topological polar surface area (TPSA) is 72.2 Å². The minimum Gasteiger partial charge on any atom is -0.361 e. The van der Waals surface area contributed by atoms with Gasteiger partial charge in [0, 0.05) is 18.7 Å². The number of hydrogen-bond acceptors (Lipinski definition) is 5. The molecular weight excluding hydrogens is 228 g/mol. The molecule has 1 fully saturated rings. The van der Waals surface area contributed by atoms with Crippen molar-refractivity contribution in [2.75, 3.05) is 11.5 Å². The van der Waals surface area contributed by atoms with Crippen molar-refractivity contribution >= 4 is 9.84 Å². The van der Waals surface area contributed by atoms with Crippen LogP contribution in [0, 0.1) is 6.92 Å². The van der Waals surface area contributed by atoms with Crippen LogP contribution < -0.4 is 5.32 Å². The van der Waals surface area contributed by atoms with Gasteiger partial charge in [-0.05, 0) is 19.8 Å². The standard InChI is InChI=1S/C10H16N2O3S/c1-8-5-10(12-15-8)6-11-9-3-2-4-16(13,14)7-9/h5,9,11H,2-4,6-7H2,1H3. The van der Waals surface area contributed by atoms with Crippen molar-refractivity contribution in [2.45, 2.75) is 32.4 Å². The van der Waals surface area contributed by atoms with E-state index in [2.05, 4.69) is 10.5 Å². The maximum atomic E-state index is 11.4. The Bertz CT molecular complexity index is 452. The lowest BCUT2D eigenvalue weighted by atomic mass is 10.2. The molecule has 0 aliphatic carbocycles. The van der Waals surface area contributed by atoms with Crippen LogP contribution in [0.4, 0.5) is 0 Å². The second-order valence-electron chi connectivity index (χ2n) is 4.26. The van der Waals surface area contributed by atoms with Gasteiger partial charge in [0.15, 0.2) is 9.84 Å². The Morgan fingerprint density at radius 1 is 1.62 bits per heavy atom. The van der Waals surface area contributed by atoms with Crippen LogP contribution in [-0.2, 0) is 16.4 Å². The van der Waals surface area contributed by atoms with Crippen molar-refractivity contribution in [3.05, 3.63) is 17.5 Å². The second kappa shape index (κ2) is 4.55. The fourth-order valence-electron chi connectivity index (χ4n) is 1.93. The lowest BCUT2D eigenvalue weighted by Crippen LogP contribution is -2.39. The van der Waals surface area contributed by atoms with Crippen molar-refractivity contribution < 1.29 is 12.9 Å². The SMILES string of the molecule is Cc1cc(CNC2CCCS(=O)(=O)C2)no1. The van der Waals surface area contributed by atoms with Crippen LogP contribution in [0.25, 0.3) is 0 Å². The molecule has 1 saturated heterocycles. The molecule has 1 aliphatic heterocycles. The molecule has 0 bridgehead atoms. The summed E-state index contributed by atoms with van der Waals surface area (Å²) in [7, 11) is -2.84. The smallest absolute Gasteiger partial charge is 0.151 e. The van der Waals surface area contributed by atoms with Crippen molar-refractivity contribution in [3.8, 4) is 0 Å². The van der Waals surface area contributed by atoms with E-state index in [4.69, 9.17) is 4.52 Å². The number of nitrogens with zero attached hydrogens (tertiary/aromatic N) is 1. The van der Waals surface area contributed by atoms with Gasteiger partial charge < -0.3 is 9.84 Å². The molecule has 1 N–H and O–H groups in total. The molecule has 0 aromatic carbocycles. The largest absolute Gasteiger partial charge is 0.361 e. The molecule has 90 valence electrons. The van der Waals surface area contributed by atoms with E-state index in [9.17, 15) is 8.42 Å². The van der Waals surface area contributed by atoms with Gasteiger partial charge in [0.25, 0.3) is 0 Å². The van der Waals surface area contributed by atoms with Gasteiger partial charge in [0.1, 0.15) is 5.76 Å². The summed E-state index contributed by atoms with van der Waals surface area (Å²) < 4.78 is 27.7. The molecule has 0 amide bonds. The first-order valence-electron chi connectivity index (χ1n) is 5.41. The Kier molecular flexibility index (Phi) is 3.30. The summed E-state index contributed by atoms with van der Waals surface area (Å²) in [6, 6.07) is 1.90. The number of nitrogens with one attached hydrogen (secondary N) is 1. The van der Waals surface area contributed by atoms with Gasteiger partial charge >= 0.3 is 0 Å². The molecule has 1 aromatic rings. The molecule has 0 radical (unpaired) electrons. The summed E-state index contributed by atoms with van der Waals surface area (Å²) in [6.07, 6.45) is 1.66. The predicted octanol–water partition coefficient (Wildman–Crippen LogP) is 0.650. The molecule has 6 heteroatoms. The van der Waals surface area contributed by atoms with Gasteiger partial charge in [-0.3, -0.25) is 0 Å². The van der Waals surface area contributed by atoms with Crippen molar-refractivity contribution in [1.29, 1.82) is 0 Å². The molecule has 1 unspecified atom stereocenters. The third-order valence-corrected chi connectivity index (χ3v) is 4.53. The van der Waals surface area contributed by atoms with Crippen LogP contribution >= 0.6 is 0 Å². The van der Waals surface area contributed by atoms with Gasteiger partial charge in [-0.2, -0.15) is 0 Å². The van der Waals surface area contributed by atoms with E-state index in [0.29, 0.717) is 12.3 Å². The minimum absolute atomic E-state index is 0.0516. The molecule has 2 rings (SSSR count). The molecule has 16 heavy (non-hydrogen) atoms. The number of hydrogen-bond donors (Lipinski definition) is 1. The van der Waals surface area contributed by atoms with Crippen molar-refractivity contribution in [3.63, 3.8) is 0 Å². The monoisotopic (exact) mass is 244 g/mol. The van der Waals surface area contributed by atoms with Crippen LogP contribution in [0.2, 0.25) is 0 Å². The fraction of sp³-hybridized carbons (Fsp3) is 0.700.